The molecule has 0 spiro atoms. The molecule has 2 fully saturated rings. The van der Waals surface area contributed by atoms with E-state index in [0.29, 0.717) is 23.5 Å². The summed E-state index contributed by atoms with van der Waals surface area (Å²) in [5.41, 5.74) is 0. The lowest BCUT2D eigenvalue weighted by Crippen LogP contribution is -2.50. The molecular weight excluding hydrogens is 248 g/mol. The Bertz CT molecular complexity index is 366. The number of rotatable bonds is 4. The Morgan fingerprint density at radius 1 is 1.17 bits per heavy atom. The molecule has 4 nitrogen and oxygen atoms in total. The molecule has 0 saturated carbocycles. The highest BCUT2D eigenvalue weighted by Crippen LogP contribution is 2.27. The van der Waals surface area contributed by atoms with E-state index in [-0.39, 0.29) is 0 Å². The third-order valence-corrected chi connectivity index (χ3v) is 6.47. The summed E-state index contributed by atoms with van der Waals surface area (Å²) in [6.07, 6.45) is 2.06. The van der Waals surface area contributed by atoms with E-state index in [4.69, 9.17) is 0 Å². The highest BCUT2D eigenvalue weighted by atomic mass is 32.2. The molecule has 0 aromatic rings. The van der Waals surface area contributed by atoms with Gasteiger partial charge in [0.2, 0.25) is 10.0 Å². The summed E-state index contributed by atoms with van der Waals surface area (Å²) in [6, 6.07) is 0. The second kappa shape index (κ2) is 5.47. The van der Waals surface area contributed by atoms with Crippen LogP contribution in [0.1, 0.15) is 26.7 Å². The first kappa shape index (κ1) is 14.3. The average molecular weight is 274 g/mol. The van der Waals surface area contributed by atoms with Crippen molar-refractivity contribution in [2.24, 2.45) is 17.8 Å². The molecular formula is C13H26N2O2S. The fourth-order valence-corrected chi connectivity index (χ4v) is 4.94. The van der Waals surface area contributed by atoms with Gasteiger partial charge >= 0.3 is 0 Å². The van der Waals surface area contributed by atoms with Crippen molar-refractivity contribution in [2.75, 3.05) is 39.0 Å². The van der Waals surface area contributed by atoms with E-state index in [1.807, 2.05) is 7.05 Å². The molecule has 0 bridgehead atoms. The Balaban J connectivity index is 1.84. The van der Waals surface area contributed by atoms with Crippen molar-refractivity contribution in [3.8, 4) is 0 Å². The molecule has 2 aliphatic heterocycles. The third kappa shape index (κ3) is 3.25. The van der Waals surface area contributed by atoms with Crippen LogP contribution in [0.25, 0.3) is 0 Å². The van der Waals surface area contributed by atoms with Gasteiger partial charge in [-0.05, 0) is 37.6 Å². The first-order valence-electron chi connectivity index (χ1n) is 7.05. The normalized spacial score (nSPS) is 25.6. The van der Waals surface area contributed by atoms with Gasteiger partial charge in [0.15, 0.2) is 0 Å². The van der Waals surface area contributed by atoms with E-state index in [1.165, 1.54) is 0 Å². The lowest BCUT2D eigenvalue weighted by molar-refractivity contribution is 0.148. The van der Waals surface area contributed by atoms with Crippen LogP contribution in [0.15, 0.2) is 0 Å². The minimum atomic E-state index is -3.01. The Hall–Kier alpha value is -0.130. The molecule has 0 atom stereocenters. The van der Waals surface area contributed by atoms with E-state index in [2.05, 4.69) is 18.7 Å². The smallest absolute Gasteiger partial charge is 0.214 e. The zero-order chi connectivity index (χ0) is 13.3. The highest BCUT2D eigenvalue weighted by Gasteiger charge is 2.34. The van der Waals surface area contributed by atoms with E-state index in [1.54, 1.807) is 4.31 Å². The lowest BCUT2D eigenvalue weighted by atomic mass is 9.87. The van der Waals surface area contributed by atoms with Crippen LogP contribution in [0.3, 0.4) is 0 Å². The largest absolute Gasteiger partial charge is 0.306 e. The number of piperidine rings is 1. The number of hydrogen-bond donors (Lipinski definition) is 0. The second-order valence-electron chi connectivity index (χ2n) is 6.35. The Morgan fingerprint density at radius 2 is 1.72 bits per heavy atom. The average Bonchev–Trinajstić information content (AvgIpc) is 2.27. The maximum absolute atomic E-state index is 12.3. The van der Waals surface area contributed by atoms with Gasteiger partial charge in [0.05, 0.1) is 5.75 Å². The van der Waals surface area contributed by atoms with Crippen LogP contribution in [0.2, 0.25) is 0 Å². The van der Waals surface area contributed by atoms with Crippen molar-refractivity contribution in [3.63, 3.8) is 0 Å². The molecule has 0 aromatic heterocycles. The Kier molecular flexibility index (Phi) is 4.34. The molecule has 5 heteroatoms. The molecule has 0 N–H and O–H groups in total. The van der Waals surface area contributed by atoms with Crippen molar-refractivity contribution in [2.45, 2.75) is 26.7 Å². The van der Waals surface area contributed by atoms with Gasteiger partial charge in [-0.2, -0.15) is 0 Å². The summed E-state index contributed by atoms with van der Waals surface area (Å²) in [4.78, 5) is 2.17. The van der Waals surface area contributed by atoms with Gasteiger partial charge in [0.25, 0.3) is 0 Å². The van der Waals surface area contributed by atoms with E-state index >= 15 is 0 Å². The van der Waals surface area contributed by atoms with E-state index in [9.17, 15) is 8.42 Å². The molecule has 2 heterocycles. The second-order valence-corrected chi connectivity index (χ2v) is 8.36. The minimum Gasteiger partial charge on any atom is -0.306 e. The minimum absolute atomic E-state index is 0.350. The molecule has 2 rings (SSSR count). The quantitative estimate of drug-likeness (QED) is 0.774. The molecule has 0 radical (unpaired) electrons. The first-order chi connectivity index (χ1) is 8.38. The van der Waals surface area contributed by atoms with Gasteiger partial charge in [0, 0.05) is 26.2 Å². The van der Waals surface area contributed by atoms with Crippen molar-refractivity contribution in [1.82, 2.24) is 9.21 Å². The van der Waals surface area contributed by atoms with Crippen LogP contribution in [0.5, 0.6) is 0 Å². The summed E-state index contributed by atoms with van der Waals surface area (Å²) in [5.74, 6) is 2.08. The van der Waals surface area contributed by atoms with Gasteiger partial charge in [0.1, 0.15) is 0 Å². The summed E-state index contributed by atoms with van der Waals surface area (Å²) in [6.45, 7) is 7.79. The van der Waals surface area contributed by atoms with Crippen LogP contribution < -0.4 is 0 Å². The van der Waals surface area contributed by atoms with Crippen LogP contribution >= 0.6 is 0 Å². The van der Waals surface area contributed by atoms with Crippen molar-refractivity contribution in [3.05, 3.63) is 0 Å². The molecule has 0 unspecified atom stereocenters. The SMILES string of the molecule is CC(C)C1CCN(S(=O)(=O)CC2CN(C)C2)CC1. The van der Waals surface area contributed by atoms with Crippen molar-refractivity contribution < 1.29 is 8.42 Å². The van der Waals surface area contributed by atoms with Crippen LogP contribution in [-0.2, 0) is 10.0 Å². The summed E-state index contributed by atoms with van der Waals surface area (Å²) < 4.78 is 26.3. The highest BCUT2D eigenvalue weighted by molar-refractivity contribution is 7.89. The van der Waals surface area contributed by atoms with Gasteiger partial charge in [-0.3, -0.25) is 0 Å². The van der Waals surface area contributed by atoms with Gasteiger partial charge in [-0.15, -0.1) is 0 Å². The van der Waals surface area contributed by atoms with Gasteiger partial charge in [-0.25, -0.2) is 12.7 Å². The molecule has 2 aliphatic rings. The van der Waals surface area contributed by atoms with E-state index in [0.717, 1.165) is 39.0 Å². The van der Waals surface area contributed by atoms with Crippen LogP contribution in [-0.4, -0.2) is 56.6 Å². The zero-order valence-electron chi connectivity index (χ0n) is 11.8. The standard InChI is InChI=1S/C13H26N2O2S/c1-11(2)13-4-6-15(7-5-13)18(16,17)10-12-8-14(3)9-12/h11-13H,4-10H2,1-3H3. The lowest BCUT2D eigenvalue weighted by Gasteiger charge is -2.38. The monoisotopic (exact) mass is 274 g/mol. The van der Waals surface area contributed by atoms with Gasteiger partial charge in [-0.1, -0.05) is 13.8 Å². The molecule has 2 saturated heterocycles. The maximum Gasteiger partial charge on any atom is 0.214 e. The Labute approximate surface area is 111 Å². The Morgan fingerprint density at radius 3 is 2.17 bits per heavy atom. The summed E-state index contributed by atoms with van der Waals surface area (Å²) in [7, 11) is -0.970. The first-order valence-corrected chi connectivity index (χ1v) is 8.66. The topological polar surface area (TPSA) is 40.6 Å². The number of hydrogen-bond acceptors (Lipinski definition) is 3. The van der Waals surface area contributed by atoms with Gasteiger partial charge < -0.3 is 4.90 Å². The zero-order valence-corrected chi connectivity index (χ0v) is 12.6. The molecule has 0 aromatic carbocycles. The van der Waals surface area contributed by atoms with Crippen molar-refractivity contribution >= 4 is 10.0 Å². The molecule has 0 amide bonds. The van der Waals surface area contributed by atoms with Crippen molar-refractivity contribution in [1.29, 1.82) is 0 Å². The molecule has 0 aliphatic carbocycles. The fraction of sp³-hybridized carbons (Fsp3) is 1.00. The number of likely N-dealkylation sites (tertiary alicyclic amines) is 1. The van der Waals surface area contributed by atoms with Crippen LogP contribution in [0.4, 0.5) is 0 Å². The third-order valence-electron chi connectivity index (χ3n) is 4.42. The fourth-order valence-electron chi connectivity index (χ4n) is 3.16. The summed E-state index contributed by atoms with van der Waals surface area (Å²) in [5, 5.41) is 0. The maximum atomic E-state index is 12.3. The predicted octanol–water partition coefficient (Wildman–Crippen LogP) is 1.25. The van der Waals surface area contributed by atoms with E-state index < -0.39 is 10.0 Å². The van der Waals surface area contributed by atoms with Crippen LogP contribution in [0, 0.1) is 17.8 Å². The molecule has 106 valence electrons. The number of nitrogens with zero attached hydrogens (tertiary/aromatic N) is 2. The predicted molar refractivity (Wildman–Crippen MR) is 73.9 cm³/mol. The number of sulfonamides is 1. The summed E-state index contributed by atoms with van der Waals surface area (Å²) >= 11 is 0. The molecule has 18 heavy (non-hydrogen) atoms.